The third-order valence-electron chi connectivity index (χ3n) is 6.30. The maximum Gasteiger partial charge on any atom is 0.169 e. The van der Waals surface area contributed by atoms with Gasteiger partial charge >= 0.3 is 0 Å². The fourth-order valence-electron chi connectivity index (χ4n) is 4.59. The highest BCUT2D eigenvalue weighted by Crippen LogP contribution is 2.40. The van der Waals surface area contributed by atoms with Gasteiger partial charge in [0.05, 0.1) is 18.3 Å². The molecule has 3 aromatic rings. The van der Waals surface area contributed by atoms with Gasteiger partial charge < -0.3 is 14.4 Å². The third-order valence-corrected chi connectivity index (χ3v) is 6.30. The van der Waals surface area contributed by atoms with Crippen molar-refractivity contribution in [1.82, 2.24) is 0 Å². The van der Waals surface area contributed by atoms with Crippen LogP contribution in [-0.2, 0) is 0 Å². The number of rotatable bonds is 7. The van der Waals surface area contributed by atoms with Crippen molar-refractivity contribution in [3.05, 3.63) is 83.4 Å². The summed E-state index contributed by atoms with van der Waals surface area (Å²) < 4.78 is 11.3. The molecular weight excluding hydrogens is 420 g/mol. The van der Waals surface area contributed by atoms with Crippen LogP contribution in [0.5, 0.6) is 17.2 Å². The molecule has 0 atom stereocenters. The van der Waals surface area contributed by atoms with E-state index in [2.05, 4.69) is 57.7 Å². The van der Waals surface area contributed by atoms with Crippen molar-refractivity contribution in [2.75, 3.05) is 18.6 Å². The van der Waals surface area contributed by atoms with Crippen molar-refractivity contribution in [2.45, 2.75) is 46.6 Å². The number of allylic oxidation sites excluding steroid dienone is 1. The number of hydrogen-bond donors (Lipinski definition) is 0. The summed E-state index contributed by atoms with van der Waals surface area (Å²) in [6, 6.07) is 20.0. The molecule has 1 aliphatic rings. The van der Waals surface area contributed by atoms with Crippen LogP contribution >= 0.6 is 0 Å². The molecule has 0 amide bonds. The third kappa shape index (κ3) is 4.86. The van der Waals surface area contributed by atoms with E-state index in [1.165, 1.54) is 22.4 Å². The minimum absolute atomic E-state index is 0.0166. The predicted molar refractivity (Wildman–Crippen MR) is 143 cm³/mol. The molecule has 0 bridgehead atoms. The van der Waals surface area contributed by atoms with Gasteiger partial charge in [-0.25, -0.2) is 0 Å². The summed E-state index contributed by atoms with van der Waals surface area (Å²) in [5.41, 5.74) is 7.19. The fraction of sp³-hybridized carbons (Fsp3) is 0.300. The first-order chi connectivity index (χ1) is 16.3. The average Bonchev–Trinajstić information content (AvgIpc) is 2.81. The lowest BCUT2D eigenvalue weighted by Gasteiger charge is -2.43. The lowest BCUT2D eigenvalue weighted by Crippen LogP contribution is -2.45. The molecule has 0 saturated carbocycles. The lowest BCUT2D eigenvalue weighted by atomic mass is 9.87. The van der Waals surface area contributed by atoms with Gasteiger partial charge in [0, 0.05) is 24.0 Å². The van der Waals surface area contributed by atoms with Crippen molar-refractivity contribution >= 4 is 23.2 Å². The van der Waals surface area contributed by atoms with Gasteiger partial charge in [-0.1, -0.05) is 25.1 Å². The van der Waals surface area contributed by atoms with Crippen LogP contribution in [0.4, 0.5) is 11.4 Å². The second kappa shape index (κ2) is 9.76. The van der Waals surface area contributed by atoms with E-state index in [4.69, 9.17) is 14.5 Å². The zero-order valence-electron chi connectivity index (χ0n) is 21.1. The summed E-state index contributed by atoms with van der Waals surface area (Å²) in [4.78, 5) is 7.26. The van der Waals surface area contributed by atoms with E-state index in [1.807, 2.05) is 54.7 Å². The SMILES string of the molecule is CCCN1c2cc(C)c(C=Nc3ccc(Oc4ccccc4OC)cc3)cc2C(C)=CC1(C)C. The van der Waals surface area contributed by atoms with Gasteiger partial charge in [-0.3, -0.25) is 4.99 Å². The predicted octanol–water partition coefficient (Wildman–Crippen LogP) is 7.96. The van der Waals surface area contributed by atoms with E-state index in [0.717, 1.165) is 30.0 Å². The van der Waals surface area contributed by atoms with Crippen LogP contribution in [0.25, 0.3) is 5.57 Å². The Morgan fingerprint density at radius 2 is 1.68 bits per heavy atom. The monoisotopic (exact) mass is 454 g/mol. The molecule has 0 aromatic heterocycles. The van der Waals surface area contributed by atoms with Gasteiger partial charge in [0.2, 0.25) is 0 Å². The van der Waals surface area contributed by atoms with Gasteiger partial charge in [-0.2, -0.15) is 0 Å². The van der Waals surface area contributed by atoms with Crippen LogP contribution in [0.3, 0.4) is 0 Å². The second-order valence-electron chi connectivity index (χ2n) is 9.36. The molecule has 0 fully saturated rings. The molecular formula is C30H34N2O2. The van der Waals surface area contributed by atoms with Crippen molar-refractivity contribution in [1.29, 1.82) is 0 Å². The highest BCUT2D eigenvalue weighted by atomic mass is 16.5. The molecule has 0 aliphatic carbocycles. The van der Waals surface area contributed by atoms with E-state index in [0.29, 0.717) is 11.5 Å². The quantitative estimate of drug-likeness (QED) is 0.340. The normalized spacial score (nSPS) is 14.6. The summed E-state index contributed by atoms with van der Waals surface area (Å²) in [6.45, 7) is 12.2. The average molecular weight is 455 g/mol. The molecule has 4 rings (SSSR count). The molecule has 0 saturated heterocycles. The Bertz CT molecular complexity index is 1220. The number of anilines is 1. The van der Waals surface area contributed by atoms with E-state index in [1.54, 1.807) is 7.11 Å². The standard InChI is InChI=1S/C30H34N2O2/c1-7-16-32-27-17-21(2)23(18-26(27)22(3)19-30(32,4)5)20-31-24-12-14-25(15-13-24)34-29-11-9-8-10-28(29)33-6/h8-15,17-20H,7,16H2,1-6H3. The molecule has 4 nitrogen and oxygen atoms in total. The molecule has 176 valence electrons. The maximum atomic E-state index is 5.97. The van der Waals surface area contributed by atoms with Crippen molar-refractivity contribution in [3.8, 4) is 17.2 Å². The van der Waals surface area contributed by atoms with Crippen LogP contribution in [-0.4, -0.2) is 25.4 Å². The van der Waals surface area contributed by atoms with Crippen molar-refractivity contribution < 1.29 is 9.47 Å². The van der Waals surface area contributed by atoms with Crippen LogP contribution in [0.2, 0.25) is 0 Å². The number of nitrogens with zero attached hydrogens (tertiary/aromatic N) is 2. The smallest absolute Gasteiger partial charge is 0.169 e. The number of methoxy groups -OCH3 is 1. The van der Waals surface area contributed by atoms with Gasteiger partial charge in [0.15, 0.2) is 11.5 Å². The Morgan fingerprint density at radius 1 is 0.971 bits per heavy atom. The first-order valence-corrected chi connectivity index (χ1v) is 11.9. The zero-order valence-corrected chi connectivity index (χ0v) is 21.1. The number of benzene rings is 3. The number of para-hydroxylation sites is 2. The molecule has 1 heterocycles. The summed E-state index contributed by atoms with van der Waals surface area (Å²) in [5.74, 6) is 2.14. The minimum Gasteiger partial charge on any atom is -0.493 e. The molecule has 0 radical (unpaired) electrons. The summed E-state index contributed by atoms with van der Waals surface area (Å²) in [5, 5.41) is 0. The van der Waals surface area contributed by atoms with E-state index in [9.17, 15) is 0 Å². The van der Waals surface area contributed by atoms with Crippen LogP contribution in [0, 0.1) is 6.92 Å². The van der Waals surface area contributed by atoms with Crippen molar-refractivity contribution in [3.63, 3.8) is 0 Å². The summed E-state index contributed by atoms with van der Waals surface area (Å²) in [7, 11) is 1.64. The highest BCUT2D eigenvalue weighted by Gasteiger charge is 2.31. The lowest BCUT2D eigenvalue weighted by molar-refractivity contribution is 0.379. The Labute approximate surface area is 203 Å². The summed E-state index contributed by atoms with van der Waals surface area (Å²) >= 11 is 0. The van der Waals surface area contributed by atoms with E-state index >= 15 is 0 Å². The Kier molecular flexibility index (Phi) is 6.78. The number of ether oxygens (including phenoxy) is 2. The van der Waals surface area contributed by atoms with Gasteiger partial charge in [-0.05, 0) is 99.3 Å². The van der Waals surface area contributed by atoms with Gasteiger partial charge in [-0.15, -0.1) is 0 Å². The summed E-state index contributed by atoms with van der Waals surface area (Å²) in [6.07, 6.45) is 5.46. The molecule has 34 heavy (non-hydrogen) atoms. The Hall–Kier alpha value is -3.53. The first kappa shape index (κ1) is 23.6. The Balaban J connectivity index is 1.56. The number of hydrogen-bond acceptors (Lipinski definition) is 4. The second-order valence-corrected chi connectivity index (χ2v) is 9.36. The molecule has 1 aliphatic heterocycles. The molecule has 0 N–H and O–H groups in total. The van der Waals surface area contributed by atoms with Crippen LogP contribution in [0.1, 0.15) is 50.8 Å². The van der Waals surface area contributed by atoms with E-state index in [-0.39, 0.29) is 5.54 Å². The largest absolute Gasteiger partial charge is 0.493 e. The fourth-order valence-corrected chi connectivity index (χ4v) is 4.59. The number of aryl methyl sites for hydroxylation is 1. The number of fused-ring (bicyclic) bond motifs is 1. The zero-order chi connectivity index (χ0) is 24.3. The minimum atomic E-state index is 0.0166. The van der Waals surface area contributed by atoms with Gasteiger partial charge in [0.25, 0.3) is 0 Å². The maximum absolute atomic E-state index is 5.97. The first-order valence-electron chi connectivity index (χ1n) is 11.9. The van der Waals surface area contributed by atoms with E-state index < -0.39 is 0 Å². The molecule has 0 unspecified atom stereocenters. The topological polar surface area (TPSA) is 34.1 Å². The van der Waals surface area contributed by atoms with Crippen LogP contribution < -0.4 is 14.4 Å². The Morgan fingerprint density at radius 3 is 2.35 bits per heavy atom. The van der Waals surface area contributed by atoms with Crippen LogP contribution in [0.15, 0.2) is 71.7 Å². The highest BCUT2D eigenvalue weighted by molar-refractivity contribution is 5.90. The molecule has 0 spiro atoms. The van der Waals surface area contributed by atoms with Gasteiger partial charge in [0.1, 0.15) is 5.75 Å². The number of aliphatic imine (C=N–C) groups is 1. The molecule has 4 heteroatoms. The van der Waals surface area contributed by atoms with Crippen molar-refractivity contribution in [2.24, 2.45) is 4.99 Å². The molecule has 3 aromatic carbocycles.